The molecule has 140 valence electrons. The van der Waals surface area contributed by atoms with Gasteiger partial charge in [-0.05, 0) is 31.0 Å². The van der Waals surface area contributed by atoms with Crippen molar-refractivity contribution in [3.05, 3.63) is 54.1 Å². The van der Waals surface area contributed by atoms with Crippen LogP contribution in [0.5, 0.6) is 0 Å². The second-order valence-corrected chi connectivity index (χ2v) is 9.26. The van der Waals surface area contributed by atoms with Gasteiger partial charge in [-0.25, -0.2) is 8.42 Å². The Bertz CT molecular complexity index is 1080. The number of likely N-dealkylation sites (tertiary alicyclic amines) is 1. The lowest BCUT2D eigenvalue weighted by molar-refractivity contribution is 0.0726. The number of hydrogen-bond donors (Lipinski definition) is 0. The quantitative estimate of drug-likeness (QED) is 0.693. The summed E-state index contributed by atoms with van der Waals surface area (Å²) in [5.74, 6) is 0.542. The van der Waals surface area contributed by atoms with Gasteiger partial charge in [-0.3, -0.25) is 4.79 Å². The lowest BCUT2D eigenvalue weighted by Crippen LogP contribution is -2.42. The molecule has 1 aliphatic rings. The van der Waals surface area contributed by atoms with Crippen LogP contribution in [0.2, 0.25) is 0 Å². The van der Waals surface area contributed by atoms with Crippen molar-refractivity contribution < 1.29 is 17.7 Å². The Hall–Kier alpha value is -2.67. The summed E-state index contributed by atoms with van der Waals surface area (Å²) in [6.07, 6.45) is 2.23. The molecule has 27 heavy (non-hydrogen) atoms. The molecule has 2 heterocycles. The van der Waals surface area contributed by atoms with E-state index in [1.54, 1.807) is 23.1 Å². The first-order valence-corrected chi connectivity index (χ1v) is 10.8. The zero-order valence-corrected chi connectivity index (χ0v) is 15.8. The average molecular weight is 384 g/mol. The Kier molecular flexibility index (Phi) is 4.47. The van der Waals surface area contributed by atoms with Crippen LogP contribution >= 0.6 is 0 Å². The molecule has 0 radical (unpaired) electrons. The van der Waals surface area contributed by atoms with Crippen LogP contribution in [0, 0.1) is 0 Å². The summed E-state index contributed by atoms with van der Waals surface area (Å²) in [5, 5.41) is 4.51. The van der Waals surface area contributed by atoms with Gasteiger partial charge in [0, 0.05) is 30.5 Å². The predicted molar refractivity (Wildman–Crippen MR) is 103 cm³/mol. The summed E-state index contributed by atoms with van der Waals surface area (Å²) in [4.78, 5) is 14.6. The summed E-state index contributed by atoms with van der Waals surface area (Å²) in [6.45, 7) is 0.896. The van der Waals surface area contributed by atoms with Crippen LogP contribution < -0.4 is 0 Å². The summed E-state index contributed by atoms with van der Waals surface area (Å²) >= 11 is 0. The monoisotopic (exact) mass is 384 g/mol. The van der Waals surface area contributed by atoms with E-state index in [-0.39, 0.29) is 11.2 Å². The van der Waals surface area contributed by atoms with Crippen LogP contribution in [-0.4, -0.2) is 49.0 Å². The SMILES string of the molecule is CS(=O)(=O)C1CCN(C(=O)c2ccc3noc(-c4ccccc4)c3c2)CC1. The number of hydrogen-bond acceptors (Lipinski definition) is 5. The minimum Gasteiger partial charge on any atom is -0.355 e. The van der Waals surface area contributed by atoms with E-state index in [0.717, 1.165) is 10.9 Å². The van der Waals surface area contributed by atoms with Crippen LogP contribution in [0.3, 0.4) is 0 Å². The largest absolute Gasteiger partial charge is 0.355 e. The van der Waals surface area contributed by atoms with Crippen molar-refractivity contribution in [2.45, 2.75) is 18.1 Å². The van der Waals surface area contributed by atoms with Crippen LogP contribution in [0.4, 0.5) is 0 Å². The number of carbonyl (C=O) groups is 1. The molecular formula is C20H20N2O4S. The molecule has 2 aromatic carbocycles. The molecule has 4 rings (SSSR count). The van der Waals surface area contributed by atoms with E-state index < -0.39 is 9.84 Å². The fraction of sp³-hybridized carbons (Fsp3) is 0.300. The van der Waals surface area contributed by atoms with Crippen molar-refractivity contribution in [2.24, 2.45) is 0 Å². The molecule has 0 unspecified atom stereocenters. The highest BCUT2D eigenvalue weighted by atomic mass is 32.2. The van der Waals surface area contributed by atoms with Gasteiger partial charge in [0.05, 0.1) is 10.6 Å². The van der Waals surface area contributed by atoms with Crippen molar-refractivity contribution in [1.82, 2.24) is 10.1 Å². The standard InChI is InChI=1S/C20H20N2O4S/c1-27(24,25)16-9-11-22(12-10-16)20(23)15-7-8-18-17(13-15)19(26-21-18)14-5-3-2-4-6-14/h2-8,13,16H,9-12H2,1H3. The molecule has 1 fully saturated rings. The molecule has 0 bridgehead atoms. The highest BCUT2D eigenvalue weighted by Crippen LogP contribution is 2.30. The Labute approximate surface area is 157 Å². The Morgan fingerprint density at radius 2 is 1.81 bits per heavy atom. The normalized spacial score (nSPS) is 16.0. The number of benzene rings is 2. The molecule has 0 atom stereocenters. The number of sulfone groups is 1. The minimum absolute atomic E-state index is 0.0935. The lowest BCUT2D eigenvalue weighted by atomic mass is 10.0. The third kappa shape index (κ3) is 3.47. The molecule has 3 aromatic rings. The van der Waals surface area contributed by atoms with Gasteiger partial charge in [-0.2, -0.15) is 0 Å². The van der Waals surface area contributed by atoms with Gasteiger partial charge in [0.2, 0.25) is 0 Å². The summed E-state index contributed by atoms with van der Waals surface area (Å²) in [6, 6.07) is 15.0. The van der Waals surface area contributed by atoms with Gasteiger partial charge >= 0.3 is 0 Å². The number of carbonyl (C=O) groups excluding carboxylic acids is 1. The van der Waals surface area contributed by atoms with E-state index in [2.05, 4.69) is 5.16 Å². The number of rotatable bonds is 3. The molecule has 0 aliphatic carbocycles. The van der Waals surface area contributed by atoms with E-state index in [9.17, 15) is 13.2 Å². The van der Waals surface area contributed by atoms with Crippen molar-refractivity contribution in [2.75, 3.05) is 19.3 Å². The second kappa shape index (κ2) is 6.81. The van der Waals surface area contributed by atoms with Crippen LogP contribution in [0.25, 0.3) is 22.2 Å². The number of fused-ring (bicyclic) bond motifs is 1. The van der Waals surface area contributed by atoms with Crippen LogP contribution in [0.1, 0.15) is 23.2 Å². The number of aromatic nitrogens is 1. The zero-order valence-electron chi connectivity index (χ0n) is 15.0. The van der Waals surface area contributed by atoms with Crippen LogP contribution in [0.15, 0.2) is 53.1 Å². The molecule has 6 nitrogen and oxygen atoms in total. The van der Waals surface area contributed by atoms with Gasteiger partial charge in [0.1, 0.15) is 15.4 Å². The van der Waals surface area contributed by atoms with E-state index in [4.69, 9.17) is 4.52 Å². The molecule has 1 aliphatic heterocycles. The Balaban J connectivity index is 1.60. The topological polar surface area (TPSA) is 80.5 Å². The first kappa shape index (κ1) is 17.7. The summed E-state index contributed by atoms with van der Waals surface area (Å²) in [5.41, 5.74) is 2.15. The molecule has 1 amide bonds. The van der Waals surface area contributed by atoms with Crippen molar-refractivity contribution in [1.29, 1.82) is 0 Å². The van der Waals surface area contributed by atoms with E-state index in [0.29, 0.717) is 42.8 Å². The van der Waals surface area contributed by atoms with Crippen molar-refractivity contribution >= 4 is 26.6 Å². The van der Waals surface area contributed by atoms with Gasteiger partial charge < -0.3 is 9.42 Å². The molecule has 0 spiro atoms. The lowest BCUT2D eigenvalue weighted by Gasteiger charge is -2.31. The van der Waals surface area contributed by atoms with Gasteiger partial charge in [-0.1, -0.05) is 35.5 Å². The Morgan fingerprint density at radius 3 is 2.48 bits per heavy atom. The molecule has 1 aromatic heterocycles. The van der Waals surface area contributed by atoms with Crippen molar-refractivity contribution in [3.63, 3.8) is 0 Å². The zero-order chi connectivity index (χ0) is 19.0. The van der Waals surface area contributed by atoms with E-state index >= 15 is 0 Å². The highest BCUT2D eigenvalue weighted by molar-refractivity contribution is 7.91. The summed E-state index contributed by atoms with van der Waals surface area (Å²) in [7, 11) is -3.06. The van der Waals surface area contributed by atoms with E-state index in [1.165, 1.54) is 6.26 Å². The minimum atomic E-state index is -3.06. The maximum Gasteiger partial charge on any atom is 0.253 e. The molecule has 0 N–H and O–H groups in total. The van der Waals surface area contributed by atoms with Crippen LogP contribution in [-0.2, 0) is 9.84 Å². The highest BCUT2D eigenvalue weighted by Gasteiger charge is 2.29. The van der Waals surface area contributed by atoms with E-state index in [1.807, 2.05) is 30.3 Å². The summed E-state index contributed by atoms with van der Waals surface area (Å²) < 4.78 is 28.9. The number of amides is 1. The first-order valence-electron chi connectivity index (χ1n) is 8.86. The maximum atomic E-state index is 12.9. The second-order valence-electron chi connectivity index (χ2n) is 6.93. The Morgan fingerprint density at radius 1 is 1.11 bits per heavy atom. The molecule has 1 saturated heterocycles. The third-order valence-electron chi connectivity index (χ3n) is 5.09. The third-order valence-corrected chi connectivity index (χ3v) is 6.78. The smallest absolute Gasteiger partial charge is 0.253 e. The molecule has 0 saturated carbocycles. The first-order chi connectivity index (χ1) is 12.9. The predicted octanol–water partition coefficient (Wildman–Crippen LogP) is 3.14. The number of piperidine rings is 1. The number of nitrogens with zero attached hydrogens (tertiary/aromatic N) is 2. The average Bonchev–Trinajstić information content (AvgIpc) is 3.11. The van der Waals surface area contributed by atoms with Gasteiger partial charge in [0.25, 0.3) is 5.91 Å². The van der Waals surface area contributed by atoms with Gasteiger partial charge in [-0.15, -0.1) is 0 Å². The van der Waals surface area contributed by atoms with Crippen molar-refractivity contribution in [3.8, 4) is 11.3 Å². The molecular weight excluding hydrogens is 364 g/mol. The fourth-order valence-electron chi connectivity index (χ4n) is 3.54. The fourth-order valence-corrected chi connectivity index (χ4v) is 4.61. The molecule has 7 heteroatoms. The van der Waals surface area contributed by atoms with Gasteiger partial charge in [0.15, 0.2) is 5.76 Å². The maximum absolute atomic E-state index is 12.9.